The molecule has 5 rings (SSSR count). The molecule has 2 atom stereocenters. The third-order valence-corrected chi connectivity index (χ3v) is 6.37. The second-order valence-corrected chi connectivity index (χ2v) is 8.24. The molecule has 0 unspecified atom stereocenters. The van der Waals surface area contributed by atoms with Crippen LogP contribution >= 0.6 is 0 Å². The minimum Gasteiger partial charge on any atom is -0.497 e. The third-order valence-electron chi connectivity index (χ3n) is 6.37. The number of hydrogen-bond donors (Lipinski definition) is 1. The van der Waals surface area contributed by atoms with Crippen molar-refractivity contribution < 1.29 is 14.3 Å². The van der Waals surface area contributed by atoms with Gasteiger partial charge in [-0.05, 0) is 48.9 Å². The fraction of sp³-hybridized carbons (Fsp3) is 0.360. The van der Waals surface area contributed by atoms with Gasteiger partial charge in [0, 0.05) is 18.5 Å². The summed E-state index contributed by atoms with van der Waals surface area (Å²) in [5.41, 5.74) is 3.11. The van der Waals surface area contributed by atoms with Gasteiger partial charge in [-0.3, -0.25) is 4.79 Å². The first-order valence-electron chi connectivity index (χ1n) is 10.9. The maximum absolute atomic E-state index is 13.3. The number of hydrogen-bond acceptors (Lipinski definition) is 4. The minimum absolute atomic E-state index is 0.00180. The zero-order valence-electron chi connectivity index (χ0n) is 17.7. The predicted octanol–water partition coefficient (Wildman–Crippen LogP) is 4.71. The molecule has 1 N–H and O–H groups in total. The van der Waals surface area contributed by atoms with Crippen molar-refractivity contribution in [3.05, 3.63) is 66.1 Å². The van der Waals surface area contributed by atoms with E-state index >= 15 is 0 Å². The third kappa shape index (κ3) is 3.90. The number of imidazole rings is 1. The summed E-state index contributed by atoms with van der Waals surface area (Å²) in [4.78, 5) is 23.4. The van der Waals surface area contributed by atoms with E-state index in [1.54, 1.807) is 7.11 Å². The molecule has 0 bridgehead atoms. The first-order valence-corrected chi connectivity index (χ1v) is 10.9. The molecule has 2 aliphatic heterocycles. The molecule has 1 amide bonds. The highest BCUT2D eigenvalue weighted by Crippen LogP contribution is 2.38. The average Bonchev–Trinajstić information content (AvgIpc) is 3.49. The van der Waals surface area contributed by atoms with Gasteiger partial charge in [0.2, 0.25) is 5.91 Å². The molecule has 1 aromatic heterocycles. The van der Waals surface area contributed by atoms with Crippen LogP contribution in [0.4, 0.5) is 0 Å². The number of rotatable bonds is 5. The van der Waals surface area contributed by atoms with E-state index in [0.29, 0.717) is 13.0 Å². The highest BCUT2D eigenvalue weighted by atomic mass is 16.5. The maximum atomic E-state index is 13.3. The second-order valence-electron chi connectivity index (χ2n) is 8.24. The summed E-state index contributed by atoms with van der Waals surface area (Å²) in [5, 5.41) is 0. The van der Waals surface area contributed by atoms with Crippen molar-refractivity contribution in [2.45, 2.75) is 37.6 Å². The number of aromatic nitrogens is 2. The monoisotopic (exact) mass is 417 g/mol. The normalized spacial score (nSPS) is 20.2. The first-order chi connectivity index (χ1) is 15.2. The summed E-state index contributed by atoms with van der Waals surface area (Å²) in [6.45, 7) is 1.45. The number of amides is 1. The van der Waals surface area contributed by atoms with E-state index in [2.05, 4.69) is 16.0 Å². The number of ether oxygens (including phenoxy) is 2. The van der Waals surface area contributed by atoms with Crippen molar-refractivity contribution in [2.24, 2.45) is 0 Å². The van der Waals surface area contributed by atoms with E-state index in [-0.39, 0.29) is 17.9 Å². The van der Waals surface area contributed by atoms with Crippen molar-refractivity contribution in [3.63, 3.8) is 0 Å². The Balaban J connectivity index is 1.32. The van der Waals surface area contributed by atoms with Crippen molar-refractivity contribution in [1.29, 1.82) is 0 Å². The largest absolute Gasteiger partial charge is 0.497 e. The van der Waals surface area contributed by atoms with E-state index in [0.717, 1.165) is 60.0 Å². The van der Waals surface area contributed by atoms with Gasteiger partial charge in [0.15, 0.2) is 0 Å². The number of H-pyrrole nitrogens is 1. The van der Waals surface area contributed by atoms with E-state index < -0.39 is 0 Å². The Morgan fingerprint density at radius 2 is 2.13 bits per heavy atom. The number of likely N-dealkylation sites (tertiary alicyclic amines) is 1. The molecule has 3 aromatic rings. The fourth-order valence-corrected chi connectivity index (χ4v) is 4.75. The molecule has 0 saturated carbocycles. The van der Waals surface area contributed by atoms with Gasteiger partial charge < -0.3 is 19.4 Å². The second kappa shape index (κ2) is 8.46. The summed E-state index contributed by atoms with van der Waals surface area (Å²) >= 11 is 0. The van der Waals surface area contributed by atoms with Gasteiger partial charge in [0.25, 0.3) is 0 Å². The van der Waals surface area contributed by atoms with Gasteiger partial charge in [-0.2, -0.15) is 0 Å². The van der Waals surface area contributed by atoms with Crippen LogP contribution in [0.25, 0.3) is 11.3 Å². The van der Waals surface area contributed by atoms with Crippen LogP contribution in [0.3, 0.4) is 0 Å². The molecular formula is C25H27N3O3. The number of aromatic amines is 1. The molecule has 0 spiro atoms. The van der Waals surface area contributed by atoms with Gasteiger partial charge in [0.05, 0.1) is 31.6 Å². The molecule has 1 fully saturated rings. The summed E-state index contributed by atoms with van der Waals surface area (Å²) in [7, 11) is 1.66. The van der Waals surface area contributed by atoms with Crippen molar-refractivity contribution >= 4 is 5.91 Å². The van der Waals surface area contributed by atoms with Gasteiger partial charge >= 0.3 is 0 Å². The lowest BCUT2D eigenvalue weighted by Crippen LogP contribution is -2.32. The van der Waals surface area contributed by atoms with E-state index in [1.807, 2.05) is 53.6 Å². The van der Waals surface area contributed by atoms with Gasteiger partial charge in [0.1, 0.15) is 17.3 Å². The fourth-order valence-electron chi connectivity index (χ4n) is 4.75. The quantitative estimate of drug-likeness (QED) is 0.653. The summed E-state index contributed by atoms with van der Waals surface area (Å²) < 4.78 is 11.1. The first kappa shape index (κ1) is 19.7. The topological polar surface area (TPSA) is 67.4 Å². The smallest absolute Gasteiger partial charge is 0.223 e. The van der Waals surface area contributed by atoms with Crippen LogP contribution in [0.15, 0.2) is 54.7 Å². The number of benzene rings is 2. The highest BCUT2D eigenvalue weighted by molar-refractivity contribution is 5.78. The minimum atomic E-state index is 0.00180. The van der Waals surface area contributed by atoms with Crippen molar-refractivity contribution in [3.8, 4) is 22.8 Å². The Kier molecular flexibility index (Phi) is 5.37. The molecule has 2 aromatic carbocycles. The van der Waals surface area contributed by atoms with Crippen LogP contribution in [0, 0.1) is 0 Å². The lowest BCUT2D eigenvalue weighted by atomic mass is 9.90. The zero-order chi connectivity index (χ0) is 21.2. The summed E-state index contributed by atoms with van der Waals surface area (Å²) in [5.74, 6) is 2.99. The van der Waals surface area contributed by atoms with Gasteiger partial charge in [-0.15, -0.1) is 0 Å². The van der Waals surface area contributed by atoms with Crippen LogP contribution in [-0.2, 0) is 4.79 Å². The number of carbonyl (C=O) groups is 1. The van der Waals surface area contributed by atoms with Crippen LogP contribution in [0.1, 0.15) is 49.0 Å². The highest BCUT2D eigenvalue weighted by Gasteiger charge is 2.34. The molecule has 3 heterocycles. The number of nitrogens with one attached hydrogen (secondary N) is 1. The average molecular weight is 418 g/mol. The molecule has 6 nitrogen and oxygen atoms in total. The summed E-state index contributed by atoms with van der Waals surface area (Å²) in [6, 6.07) is 16.0. The molecule has 160 valence electrons. The number of methoxy groups -OCH3 is 1. The van der Waals surface area contributed by atoms with E-state index in [9.17, 15) is 4.79 Å². The lowest BCUT2D eigenvalue weighted by molar-refractivity contribution is -0.132. The molecular weight excluding hydrogens is 390 g/mol. The number of para-hydroxylation sites is 1. The Morgan fingerprint density at radius 1 is 1.23 bits per heavy atom. The zero-order valence-corrected chi connectivity index (χ0v) is 17.7. The number of carbonyl (C=O) groups excluding carboxylic acids is 1. The van der Waals surface area contributed by atoms with E-state index in [4.69, 9.17) is 9.47 Å². The van der Waals surface area contributed by atoms with Crippen LogP contribution in [0.5, 0.6) is 11.5 Å². The SMILES string of the molecule is COc1cccc(-c2cnc([C@H]3CCCN3C(=O)C[C@@H]3CCOc4ccccc43)[nH]2)c1. The molecule has 0 radical (unpaired) electrons. The van der Waals surface area contributed by atoms with Crippen molar-refractivity contribution in [2.75, 3.05) is 20.3 Å². The van der Waals surface area contributed by atoms with Gasteiger partial charge in [-0.1, -0.05) is 30.3 Å². The van der Waals surface area contributed by atoms with Crippen molar-refractivity contribution in [1.82, 2.24) is 14.9 Å². The van der Waals surface area contributed by atoms with E-state index in [1.165, 1.54) is 0 Å². The Hall–Kier alpha value is -3.28. The number of nitrogens with zero attached hydrogens (tertiary/aromatic N) is 2. The van der Waals surface area contributed by atoms with Gasteiger partial charge in [-0.25, -0.2) is 4.98 Å². The Labute approximate surface area is 182 Å². The maximum Gasteiger partial charge on any atom is 0.223 e. The molecule has 2 aliphatic rings. The number of fused-ring (bicyclic) bond motifs is 1. The Bertz CT molecular complexity index is 1080. The Morgan fingerprint density at radius 3 is 3.03 bits per heavy atom. The van der Waals surface area contributed by atoms with Crippen LogP contribution < -0.4 is 9.47 Å². The van der Waals surface area contributed by atoms with Crippen LogP contribution in [0.2, 0.25) is 0 Å². The van der Waals surface area contributed by atoms with Crippen LogP contribution in [-0.4, -0.2) is 41.0 Å². The predicted molar refractivity (Wildman–Crippen MR) is 118 cm³/mol. The lowest BCUT2D eigenvalue weighted by Gasteiger charge is -2.29. The molecule has 31 heavy (non-hydrogen) atoms. The molecule has 0 aliphatic carbocycles. The summed E-state index contributed by atoms with van der Waals surface area (Å²) in [6.07, 6.45) is 5.17. The standard InChI is InChI=1S/C25H27N3O3/c1-30-19-7-4-6-18(14-19)21-16-26-25(27-21)22-9-5-12-28(22)24(29)15-17-11-13-31-23-10-3-2-8-20(17)23/h2-4,6-8,10,14,16-17,22H,5,9,11-13,15H2,1H3,(H,26,27)/t17-,22+/m0/s1. The molecule has 6 heteroatoms. The molecule has 1 saturated heterocycles.